The summed E-state index contributed by atoms with van der Waals surface area (Å²) in [6.07, 6.45) is -0.687. The van der Waals surface area contributed by atoms with Crippen LogP contribution in [0.1, 0.15) is 24.2 Å². The van der Waals surface area contributed by atoms with Gasteiger partial charge in [-0.25, -0.2) is 4.79 Å². The van der Waals surface area contributed by atoms with Gasteiger partial charge in [-0.2, -0.15) is 0 Å². The molecule has 0 aromatic heterocycles. The maximum atomic E-state index is 13.4. The van der Waals surface area contributed by atoms with Crippen LogP contribution in [0.5, 0.6) is 5.75 Å². The van der Waals surface area contributed by atoms with Crippen LogP contribution in [0.15, 0.2) is 103 Å². The van der Waals surface area contributed by atoms with E-state index in [2.05, 4.69) is 11.9 Å². The van der Waals surface area contributed by atoms with E-state index >= 15 is 0 Å². The average molecular weight is 519 g/mol. The van der Waals surface area contributed by atoms with Crippen molar-refractivity contribution in [2.24, 2.45) is 0 Å². The van der Waals surface area contributed by atoms with Crippen LogP contribution in [0, 0.1) is 0 Å². The number of nitrogens with one attached hydrogen (secondary N) is 1. The van der Waals surface area contributed by atoms with Crippen LogP contribution in [0.2, 0.25) is 0 Å². The van der Waals surface area contributed by atoms with E-state index in [0.717, 1.165) is 11.1 Å². The summed E-state index contributed by atoms with van der Waals surface area (Å²) in [6.45, 7) is 5.24. The van der Waals surface area contributed by atoms with E-state index in [9.17, 15) is 14.4 Å². The minimum atomic E-state index is -1.11. The van der Waals surface area contributed by atoms with E-state index in [-0.39, 0.29) is 6.61 Å². The Kier molecular flexibility index (Phi) is 8.25. The molecule has 3 atom stereocenters. The third-order valence-electron chi connectivity index (χ3n) is 5.90. The summed E-state index contributed by atoms with van der Waals surface area (Å²) in [7, 11) is 0. The van der Waals surface area contributed by atoms with Crippen LogP contribution in [0.4, 0.5) is 0 Å². The molecule has 1 saturated heterocycles. The summed E-state index contributed by atoms with van der Waals surface area (Å²) in [6, 6.07) is 25.4. The second-order valence-electron chi connectivity index (χ2n) is 8.65. The molecule has 2 amide bonds. The van der Waals surface area contributed by atoms with Crippen molar-refractivity contribution in [3.05, 3.63) is 114 Å². The number of halogens is 1. The van der Waals surface area contributed by atoms with Gasteiger partial charge in [-0.1, -0.05) is 97.0 Å². The lowest BCUT2D eigenvalue weighted by Crippen LogP contribution is -2.72. The largest absolute Gasteiger partial charge is 0.484 e. The van der Waals surface area contributed by atoms with E-state index in [4.69, 9.17) is 21.1 Å². The highest BCUT2D eigenvalue weighted by molar-refractivity contribution is 6.27. The van der Waals surface area contributed by atoms with Gasteiger partial charge in [0.2, 0.25) is 0 Å². The van der Waals surface area contributed by atoms with Crippen LogP contribution in [-0.4, -0.2) is 46.9 Å². The highest BCUT2D eigenvalue weighted by Crippen LogP contribution is 2.32. The lowest BCUT2D eigenvalue weighted by atomic mass is 9.98. The maximum Gasteiger partial charge on any atom is 0.334 e. The van der Waals surface area contributed by atoms with Gasteiger partial charge in [0.25, 0.3) is 11.8 Å². The van der Waals surface area contributed by atoms with Crippen molar-refractivity contribution < 1.29 is 23.9 Å². The van der Waals surface area contributed by atoms with Crippen LogP contribution in [-0.2, 0) is 19.1 Å². The number of rotatable bonds is 10. The van der Waals surface area contributed by atoms with Gasteiger partial charge in [0.1, 0.15) is 17.3 Å². The van der Waals surface area contributed by atoms with Gasteiger partial charge in [0.15, 0.2) is 18.8 Å². The Bertz CT molecular complexity index is 1210. The lowest BCUT2D eigenvalue weighted by molar-refractivity contribution is -0.165. The molecular weight excluding hydrogens is 492 g/mol. The zero-order valence-corrected chi connectivity index (χ0v) is 21.0. The minimum Gasteiger partial charge on any atom is -0.484 e. The monoisotopic (exact) mass is 518 g/mol. The average Bonchev–Trinajstić information content (AvgIpc) is 2.93. The second-order valence-corrected chi connectivity index (χ2v) is 9.10. The van der Waals surface area contributed by atoms with Gasteiger partial charge in [-0.05, 0) is 35.8 Å². The van der Waals surface area contributed by atoms with Gasteiger partial charge in [-0.3, -0.25) is 9.59 Å². The molecule has 0 spiro atoms. The first-order valence-corrected chi connectivity index (χ1v) is 12.2. The van der Waals surface area contributed by atoms with Crippen molar-refractivity contribution in [3.63, 3.8) is 0 Å². The van der Waals surface area contributed by atoms with Crippen LogP contribution in [0.25, 0.3) is 0 Å². The predicted molar refractivity (Wildman–Crippen MR) is 140 cm³/mol. The molecule has 4 rings (SSSR count). The van der Waals surface area contributed by atoms with Crippen molar-refractivity contribution in [1.82, 2.24) is 10.2 Å². The van der Waals surface area contributed by atoms with E-state index in [1.54, 1.807) is 31.2 Å². The number of para-hydroxylation sites is 1. The highest BCUT2D eigenvalue weighted by atomic mass is 35.5. The molecule has 1 N–H and O–H groups in total. The Morgan fingerprint density at radius 2 is 1.46 bits per heavy atom. The van der Waals surface area contributed by atoms with Gasteiger partial charge in [0.05, 0.1) is 0 Å². The van der Waals surface area contributed by atoms with Gasteiger partial charge in [0, 0.05) is 0 Å². The van der Waals surface area contributed by atoms with E-state index in [0.29, 0.717) is 11.3 Å². The summed E-state index contributed by atoms with van der Waals surface area (Å²) in [5, 5.41) is 2.57. The lowest BCUT2D eigenvalue weighted by Gasteiger charge is -2.47. The molecule has 3 unspecified atom stereocenters. The number of hydrogen-bond donors (Lipinski definition) is 1. The summed E-state index contributed by atoms with van der Waals surface area (Å²) in [5.74, 6) is -1.15. The smallest absolute Gasteiger partial charge is 0.334 e. The normalized spacial score (nSPS) is 17.5. The third-order valence-corrected chi connectivity index (χ3v) is 6.36. The van der Waals surface area contributed by atoms with Crippen LogP contribution < -0.4 is 10.1 Å². The number of nitrogens with zero attached hydrogens (tertiary/aromatic N) is 1. The topological polar surface area (TPSA) is 84.9 Å². The van der Waals surface area contributed by atoms with Crippen molar-refractivity contribution in [2.75, 3.05) is 6.61 Å². The number of esters is 1. The predicted octanol–water partition coefficient (Wildman–Crippen LogP) is 4.23. The van der Waals surface area contributed by atoms with Gasteiger partial charge in [-0.15, -0.1) is 0 Å². The number of likely N-dealkylation sites (tertiary alicyclic amines) is 1. The minimum absolute atomic E-state index is 0.279. The number of β-lactam (4-membered cyclic amide) rings is 1. The van der Waals surface area contributed by atoms with Crippen LogP contribution >= 0.6 is 11.6 Å². The number of amides is 2. The fourth-order valence-corrected chi connectivity index (χ4v) is 4.46. The third kappa shape index (κ3) is 6.01. The molecule has 3 aromatic rings. The maximum absolute atomic E-state index is 13.4. The molecule has 3 aromatic carbocycles. The first-order valence-electron chi connectivity index (χ1n) is 11.8. The molecule has 0 aliphatic carbocycles. The summed E-state index contributed by atoms with van der Waals surface area (Å²) >= 11 is 6.49. The molecular formula is C29H27ClN2O5. The number of ether oxygens (including phenoxy) is 2. The number of carbonyl (C=O) groups excluding carboxylic acids is 3. The Hall–Kier alpha value is -4.10. The number of alkyl halides is 1. The second kappa shape index (κ2) is 11.8. The molecule has 190 valence electrons. The van der Waals surface area contributed by atoms with Gasteiger partial charge < -0.3 is 19.7 Å². The standard InChI is InChI=1S/C29H27ClN2O5/c1-19(2)25(29(35)37-26(20-12-6-3-7-13-20)21-14-8-4-9-15-21)32-27(30)24(28(32)34)31-23(33)18-36-22-16-10-5-11-17-22/h3-17,24-27H,1,18H2,2H3,(H,31,33). The fourth-order valence-electron chi connectivity index (χ4n) is 4.08. The number of hydrogen-bond acceptors (Lipinski definition) is 5. The molecule has 0 radical (unpaired) electrons. The van der Waals surface area contributed by atoms with E-state index in [1.807, 2.05) is 66.7 Å². The molecule has 1 heterocycles. The fraction of sp³-hybridized carbons (Fsp3) is 0.207. The summed E-state index contributed by atoms with van der Waals surface area (Å²) in [5.41, 5.74) is 0.988. The molecule has 0 bridgehead atoms. The highest BCUT2D eigenvalue weighted by Gasteiger charge is 2.53. The first-order chi connectivity index (χ1) is 17.9. The van der Waals surface area contributed by atoms with Crippen molar-refractivity contribution >= 4 is 29.4 Å². The quantitative estimate of drug-likeness (QED) is 0.143. The van der Waals surface area contributed by atoms with Gasteiger partial charge >= 0.3 is 5.97 Å². The summed E-state index contributed by atoms with van der Waals surface area (Å²) in [4.78, 5) is 39.9. The Morgan fingerprint density at radius 1 is 0.946 bits per heavy atom. The van der Waals surface area contributed by atoms with Crippen molar-refractivity contribution in [3.8, 4) is 5.75 Å². The Morgan fingerprint density at radius 3 is 1.95 bits per heavy atom. The molecule has 8 heteroatoms. The zero-order valence-electron chi connectivity index (χ0n) is 20.3. The Labute approximate surface area is 220 Å². The van der Waals surface area contributed by atoms with E-state index in [1.165, 1.54) is 4.90 Å². The van der Waals surface area contributed by atoms with Crippen molar-refractivity contribution in [2.45, 2.75) is 30.6 Å². The first kappa shape index (κ1) is 26.0. The van der Waals surface area contributed by atoms with Crippen molar-refractivity contribution in [1.29, 1.82) is 0 Å². The summed E-state index contributed by atoms with van der Waals surface area (Å²) < 4.78 is 11.4. The molecule has 1 aliphatic rings. The molecule has 1 fully saturated rings. The number of benzene rings is 3. The number of carbonyl (C=O) groups is 3. The molecule has 0 saturated carbocycles. The zero-order chi connectivity index (χ0) is 26.4. The van der Waals surface area contributed by atoms with Crippen LogP contribution in [0.3, 0.4) is 0 Å². The molecule has 7 nitrogen and oxygen atoms in total. The molecule has 1 aliphatic heterocycles. The molecule has 37 heavy (non-hydrogen) atoms. The van der Waals surface area contributed by atoms with E-state index < -0.39 is 41.5 Å². The Balaban J connectivity index is 1.44. The SMILES string of the molecule is C=C(C)C(C(=O)OC(c1ccccc1)c1ccccc1)N1C(=O)C(NC(=O)COc2ccccc2)C1Cl.